The topological polar surface area (TPSA) is 75.4 Å². The summed E-state index contributed by atoms with van der Waals surface area (Å²) in [7, 11) is -3.46. The third kappa shape index (κ3) is 3.58. The lowest BCUT2D eigenvalue weighted by Crippen LogP contribution is -2.52. The molecule has 1 saturated heterocycles. The highest BCUT2D eigenvalue weighted by Crippen LogP contribution is 2.24. The van der Waals surface area contributed by atoms with Crippen molar-refractivity contribution in [3.63, 3.8) is 0 Å². The zero-order valence-corrected chi connectivity index (χ0v) is 14.7. The number of piperazine rings is 1. The second kappa shape index (κ2) is 7.00. The number of benzene rings is 1. The average Bonchev–Trinajstić information content (AvgIpc) is 2.94. The third-order valence-electron chi connectivity index (χ3n) is 3.82. The van der Waals surface area contributed by atoms with Crippen LogP contribution in [0.25, 0.3) is 11.3 Å². The molecule has 0 spiro atoms. The van der Waals surface area contributed by atoms with Gasteiger partial charge in [0.2, 0.25) is 10.0 Å². The molecule has 8 heteroatoms. The van der Waals surface area contributed by atoms with Crippen molar-refractivity contribution in [1.29, 1.82) is 0 Å². The maximum atomic E-state index is 12.7. The fourth-order valence-electron chi connectivity index (χ4n) is 2.61. The third-order valence-corrected chi connectivity index (χ3v) is 5.84. The summed E-state index contributed by atoms with van der Waals surface area (Å²) in [4.78, 5) is 4.55. The highest BCUT2D eigenvalue weighted by molar-refractivity contribution is 7.89. The quantitative estimate of drug-likeness (QED) is 0.909. The standard InChI is InChI=1S/C15H19N3O3S.ClH/c1-11-9-16-7-8-18(11)22(19,20)14-5-3-13(4-6-14)15-10-21-12(2)17-15;/h3-6,10-11,16H,7-9H2,1-2H3;1H. The Morgan fingerprint density at radius 3 is 2.57 bits per heavy atom. The first-order valence-corrected chi connectivity index (χ1v) is 8.67. The van der Waals surface area contributed by atoms with Gasteiger partial charge in [0.05, 0.1) is 4.90 Å². The molecule has 1 aliphatic heterocycles. The van der Waals surface area contributed by atoms with Gasteiger partial charge in [0, 0.05) is 38.2 Å². The summed E-state index contributed by atoms with van der Waals surface area (Å²) in [5.41, 5.74) is 1.54. The van der Waals surface area contributed by atoms with Crippen molar-refractivity contribution < 1.29 is 12.8 Å². The summed E-state index contributed by atoms with van der Waals surface area (Å²) >= 11 is 0. The van der Waals surface area contributed by atoms with E-state index in [2.05, 4.69) is 10.3 Å². The highest BCUT2D eigenvalue weighted by Gasteiger charge is 2.30. The molecule has 0 radical (unpaired) electrons. The minimum Gasteiger partial charge on any atom is -0.449 e. The molecule has 0 aliphatic carbocycles. The van der Waals surface area contributed by atoms with E-state index >= 15 is 0 Å². The van der Waals surface area contributed by atoms with E-state index in [1.165, 1.54) is 0 Å². The minimum absolute atomic E-state index is 0. The van der Waals surface area contributed by atoms with E-state index in [4.69, 9.17) is 4.42 Å². The first kappa shape index (κ1) is 17.9. The number of hydrogen-bond acceptors (Lipinski definition) is 5. The van der Waals surface area contributed by atoms with Crippen LogP contribution < -0.4 is 5.32 Å². The van der Waals surface area contributed by atoms with Crippen LogP contribution in [0, 0.1) is 6.92 Å². The molecule has 126 valence electrons. The Balaban J connectivity index is 0.00000192. The Kier molecular flexibility index (Phi) is 5.46. The SMILES string of the molecule is Cc1nc(-c2ccc(S(=O)(=O)N3CCNCC3C)cc2)co1.Cl. The molecule has 0 bridgehead atoms. The Morgan fingerprint density at radius 1 is 1.30 bits per heavy atom. The van der Waals surface area contributed by atoms with Crippen LogP contribution in [0.3, 0.4) is 0 Å². The number of rotatable bonds is 3. The molecule has 2 aromatic rings. The Morgan fingerprint density at radius 2 is 2.00 bits per heavy atom. The van der Waals surface area contributed by atoms with Gasteiger partial charge in [0.1, 0.15) is 12.0 Å². The average molecular weight is 358 g/mol. The van der Waals surface area contributed by atoms with Gasteiger partial charge in [-0.1, -0.05) is 12.1 Å². The number of aryl methyl sites for hydroxylation is 1. The molecule has 1 atom stereocenters. The van der Waals surface area contributed by atoms with Crippen LogP contribution >= 0.6 is 12.4 Å². The predicted octanol–water partition coefficient (Wildman–Crippen LogP) is 2.05. The van der Waals surface area contributed by atoms with Gasteiger partial charge >= 0.3 is 0 Å². The van der Waals surface area contributed by atoms with E-state index in [-0.39, 0.29) is 18.4 Å². The largest absolute Gasteiger partial charge is 0.449 e. The number of nitrogens with zero attached hydrogens (tertiary/aromatic N) is 2. The lowest BCUT2D eigenvalue weighted by Gasteiger charge is -2.32. The second-order valence-electron chi connectivity index (χ2n) is 5.45. The molecule has 1 unspecified atom stereocenters. The van der Waals surface area contributed by atoms with E-state index in [0.29, 0.717) is 36.1 Å². The number of oxazole rings is 1. The summed E-state index contributed by atoms with van der Waals surface area (Å²) in [6.07, 6.45) is 1.57. The first-order valence-electron chi connectivity index (χ1n) is 7.23. The summed E-state index contributed by atoms with van der Waals surface area (Å²) in [6, 6.07) is 6.73. The van der Waals surface area contributed by atoms with E-state index in [9.17, 15) is 8.42 Å². The maximum Gasteiger partial charge on any atom is 0.243 e. The highest BCUT2D eigenvalue weighted by atomic mass is 35.5. The van der Waals surface area contributed by atoms with Crippen molar-refractivity contribution in [2.24, 2.45) is 0 Å². The lowest BCUT2D eigenvalue weighted by atomic mass is 10.2. The summed E-state index contributed by atoms with van der Waals surface area (Å²) in [5, 5.41) is 3.20. The van der Waals surface area contributed by atoms with Gasteiger partial charge in [-0.3, -0.25) is 0 Å². The molecule has 3 rings (SSSR count). The van der Waals surface area contributed by atoms with E-state index in [0.717, 1.165) is 5.56 Å². The predicted molar refractivity (Wildman–Crippen MR) is 90.1 cm³/mol. The van der Waals surface area contributed by atoms with Crippen molar-refractivity contribution >= 4 is 22.4 Å². The van der Waals surface area contributed by atoms with E-state index in [1.54, 1.807) is 41.8 Å². The normalized spacial score (nSPS) is 19.3. The van der Waals surface area contributed by atoms with Gasteiger partial charge in [-0.15, -0.1) is 12.4 Å². The van der Waals surface area contributed by atoms with Crippen LogP contribution in [0.15, 0.2) is 39.8 Å². The fraction of sp³-hybridized carbons (Fsp3) is 0.400. The summed E-state index contributed by atoms with van der Waals surface area (Å²) in [5.74, 6) is 0.585. The Labute approximate surface area is 142 Å². The number of hydrogen-bond donors (Lipinski definition) is 1. The zero-order chi connectivity index (χ0) is 15.7. The van der Waals surface area contributed by atoms with Crippen LogP contribution in [-0.2, 0) is 10.0 Å². The van der Waals surface area contributed by atoms with Crippen LogP contribution in [0.1, 0.15) is 12.8 Å². The Hall–Kier alpha value is -1.41. The zero-order valence-electron chi connectivity index (χ0n) is 13.0. The van der Waals surface area contributed by atoms with Crippen LogP contribution in [0.2, 0.25) is 0 Å². The van der Waals surface area contributed by atoms with Crippen LogP contribution in [0.5, 0.6) is 0 Å². The molecule has 1 fully saturated rings. The number of halogens is 1. The molecule has 1 aliphatic rings. The lowest BCUT2D eigenvalue weighted by molar-refractivity contribution is 0.284. The minimum atomic E-state index is -3.46. The van der Waals surface area contributed by atoms with Gasteiger partial charge in [0.15, 0.2) is 5.89 Å². The van der Waals surface area contributed by atoms with Gasteiger partial charge in [-0.2, -0.15) is 4.31 Å². The Bertz CT molecular complexity index is 759. The molecule has 1 N–H and O–H groups in total. The summed E-state index contributed by atoms with van der Waals surface area (Å²) in [6.45, 7) is 5.54. The van der Waals surface area contributed by atoms with Crippen molar-refractivity contribution in [3.8, 4) is 11.3 Å². The van der Waals surface area contributed by atoms with E-state index in [1.807, 2.05) is 6.92 Å². The van der Waals surface area contributed by atoms with Crippen molar-refractivity contribution in [3.05, 3.63) is 36.4 Å². The monoisotopic (exact) mass is 357 g/mol. The molecular formula is C15H20ClN3O3S. The van der Waals surface area contributed by atoms with Gasteiger partial charge < -0.3 is 9.73 Å². The van der Waals surface area contributed by atoms with Gasteiger partial charge in [0.25, 0.3) is 0 Å². The number of sulfonamides is 1. The molecule has 1 aromatic carbocycles. The van der Waals surface area contributed by atoms with Crippen molar-refractivity contribution in [2.75, 3.05) is 19.6 Å². The molecule has 0 saturated carbocycles. The van der Waals surface area contributed by atoms with Crippen molar-refractivity contribution in [2.45, 2.75) is 24.8 Å². The van der Waals surface area contributed by atoms with Crippen LogP contribution in [0.4, 0.5) is 0 Å². The van der Waals surface area contributed by atoms with E-state index < -0.39 is 10.0 Å². The molecular weight excluding hydrogens is 338 g/mol. The first-order chi connectivity index (χ1) is 10.5. The fourth-order valence-corrected chi connectivity index (χ4v) is 4.24. The molecule has 0 amide bonds. The van der Waals surface area contributed by atoms with Gasteiger partial charge in [-0.25, -0.2) is 13.4 Å². The summed E-state index contributed by atoms with van der Waals surface area (Å²) < 4.78 is 32.2. The second-order valence-corrected chi connectivity index (χ2v) is 7.34. The maximum absolute atomic E-state index is 12.7. The number of aromatic nitrogens is 1. The molecule has 1 aromatic heterocycles. The number of nitrogens with one attached hydrogen (secondary N) is 1. The molecule has 6 nitrogen and oxygen atoms in total. The molecule has 2 heterocycles. The van der Waals surface area contributed by atoms with Gasteiger partial charge in [-0.05, 0) is 19.1 Å². The molecule has 23 heavy (non-hydrogen) atoms. The van der Waals surface area contributed by atoms with Crippen LogP contribution in [-0.4, -0.2) is 43.4 Å². The van der Waals surface area contributed by atoms with Crippen molar-refractivity contribution in [1.82, 2.24) is 14.6 Å². The smallest absolute Gasteiger partial charge is 0.243 e.